The summed E-state index contributed by atoms with van der Waals surface area (Å²) in [5, 5.41) is 8.57. The predicted molar refractivity (Wildman–Crippen MR) is 97.1 cm³/mol. The molecule has 2 aromatic heterocycles. The van der Waals surface area contributed by atoms with Gasteiger partial charge in [-0.2, -0.15) is 0 Å². The molecule has 3 aromatic rings. The third-order valence-corrected chi connectivity index (χ3v) is 4.57. The van der Waals surface area contributed by atoms with Crippen LogP contribution in [0.5, 0.6) is 17.2 Å². The molecule has 26 heavy (non-hydrogen) atoms. The van der Waals surface area contributed by atoms with Gasteiger partial charge in [0.1, 0.15) is 0 Å². The second kappa shape index (κ2) is 7.92. The Kier molecular flexibility index (Phi) is 5.43. The van der Waals surface area contributed by atoms with Gasteiger partial charge in [-0.15, -0.1) is 11.3 Å². The van der Waals surface area contributed by atoms with Crippen LogP contribution in [-0.4, -0.2) is 32.4 Å². The van der Waals surface area contributed by atoms with E-state index in [9.17, 15) is 4.79 Å². The summed E-state index contributed by atoms with van der Waals surface area (Å²) in [5.74, 6) is 1.79. The van der Waals surface area contributed by atoms with Gasteiger partial charge in [0.05, 0.1) is 26.2 Å². The Balaban J connectivity index is 1.71. The molecule has 0 saturated heterocycles. The van der Waals surface area contributed by atoms with Crippen molar-refractivity contribution in [3.63, 3.8) is 0 Å². The van der Waals surface area contributed by atoms with Crippen molar-refractivity contribution in [2.75, 3.05) is 21.3 Å². The molecule has 0 fully saturated rings. The number of ether oxygens (including phenoxy) is 3. The molecule has 2 heterocycles. The fourth-order valence-corrected chi connectivity index (χ4v) is 3.10. The molecule has 0 spiro atoms. The smallest absolute Gasteiger partial charge is 0.273 e. The van der Waals surface area contributed by atoms with Crippen LogP contribution in [0.1, 0.15) is 16.1 Å². The van der Waals surface area contributed by atoms with Crippen molar-refractivity contribution in [1.82, 2.24) is 10.5 Å². The lowest BCUT2D eigenvalue weighted by atomic mass is 10.1. The van der Waals surface area contributed by atoms with Crippen LogP contribution < -0.4 is 19.5 Å². The van der Waals surface area contributed by atoms with Crippen LogP contribution in [0.4, 0.5) is 0 Å². The van der Waals surface area contributed by atoms with Crippen molar-refractivity contribution in [2.24, 2.45) is 0 Å². The average Bonchev–Trinajstić information content (AvgIpc) is 3.36. The number of aromatic nitrogens is 1. The van der Waals surface area contributed by atoms with E-state index in [-0.39, 0.29) is 18.1 Å². The van der Waals surface area contributed by atoms with Crippen LogP contribution in [0.15, 0.2) is 40.2 Å². The van der Waals surface area contributed by atoms with Gasteiger partial charge in [-0.25, -0.2) is 0 Å². The van der Waals surface area contributed by atoms with Crippen LogP contribution >= 0.6 is 11.3 Å². The van der Waals surface area contributed by atoms with E-state index in [1.807, 2.05) is 17.5 Å². The molecule has 1 aromatic carbocycles. The summed E-state index contributed by atoms with van der Waals surface area (Å²) in [5.41, 5.74) is 1.02. The Labute approximate surface area is 154 Å². The summed E-state index contributed by atoms with van der Waals surface area (Å²) in [6, 6.07) is 8.99. The van der Waals surface area contributed by atoms with Crippen molar-refractivity contribution in [1.29, 1.82) is 0 Å². The highest BCUT2D eigenvalue weighted by Crippen LogP contribution is 2.38. The maximum Gasteiger partial charge on any atom is 0.273 e. The van der Waals surface area contributed by atoms with Crippen LogP contribution in [0.25, 0.3) is 10.6 Å². The molecule has 1 N–H and O–H groups in total. The van der Waals surface area contributed by atoms with Crippen molar-refractivity contribution in [3.8, 4) is 27.9 Å². The quantitative estimate of drug-likeness (QED) is 0.683. The fourth-order valence-electron chi connectivity index (χ4n) is 2.43. The van der Waals surface area contributed by atoms with E-state index in [0.717, 1.165) is 10.4 Å². The van der Waals surface area contributed by atoms with Crippen LogP contribution in [0.2, 0.25) is 0 Å². The minimum absolute atomic E-state index is 0.223. The van der Waals surface area contributed by atoms with Crippen molar-refractivity contribution >= 4 is 17.2 Å². The highest BCUT2D eigenvalue weighted by Gasteiger charge is 2.16. The van der Waals surface area contributed by atoms with Crippen molar-refractivity contribution < 1.29 is 23.5 Å². The molecule has 0 bridgehead atoms. The molecule has 0 aliphatic rings. The topological polar surface area (TPSA) is 82.8 Å². The Hall–Kier alpha value is -3.00. The van der Waals surface area contributed by atoms with Crippen LogP contribution in [0.3, 0.4) is 0 Å². The molecular weight excluding hydrogens is 356 g/mol. The number of thiophene rings is 1. The lowest BCUT2D eigenvalue weighted by Gasteiger charge is -2.14. The molecule has 0 aliphatic heterocycles. The van der Waals surface area contributed by atoms with Gasteiger partial charge in [-0.3, -0.25) is 4.79 Å². The van der Waals surface area contributed by atoms with E-state index >= 15 is 0 Å². The standard InChI is InChI=1S/C18H18N2O5S/c1-22-14-7-11(8-15(23-2)17(14)24-3)10-19-18(21)12-9-13(25-20-12)16-5-4-6-26-16/h4-9H,10H2,1-3H3,(H,19,21). The van der Waals surface area contributed by atoms with Gasteiger partial charge >= 0.3 is 0 Å². The third-order valence-electron chi connectivity index (χ3n) is 3.68. The summed E-state index contributed by atoms with van der Waals surface area (Å²) < 4.78 is 21.1. The molecule has 8 heteroatoms. The van der Waals surface area contributed by atoms with E-state index in [2.05, 4.69) is 10.5 Å². The lowest BCUT2D eigenvalue weighted by Crippen LogP contribution is -2.23. The minimum Gasteiger partial charge on any atom is -0.493 e. The van der Waals surface area contributed by atoms with Gasteiger partial charge in [-0.05, 0) is 29.1 Å². The maximum absolute atomic E-state index is 12.3. The monoisotopic (exact) mass is 374 g/mol. The number of nitrogens with one attached hydrogen (secondary N) is 1. The zero-order valence-electron chi connectivity index (χ0n) is 14.6. The molecule has 7 nitrogen and oxygen atoms in total. The van der Waals surface area contributed by atoms with Crippen molar-refractivity contribution in [3.05, 3.63) is 47.0 Å². The Bertz CT molecular complexity index is 864. The number of nitrogens with zero attached hydrogens (tertiary/aromatic N) is 1. The highest BCUT2D eigenvalue weighted by atomic mass is 32.1. The summed E-state index contributed by atoms with van der Waals surface area (Å²) in [4.78, 5) is 13.2. The highest BCUT2D eigenvalue weighted by molar-refractivity contribution is 7.13. The molecule has 0 aliphatic carbocycles. The largest absolute Gasteiger partial charge is 0.493 e. The van der Waals surface area contributed by atoms with E-state index in [1.54, 1.807) is 32.4 Å². The first kappa shape index (κ1) is 17.8. The summed E-state index contributed by atoms with van der Waals surface area (Å²) >= 11 is 1.52. The molecule has 0 unspecified atom stereocenters. The Morgan fingerprint density at radius 3 is 2.46 bits per heavy atom. The van der Waals surface area contributed by atoms with Gasteiger partial charge in [0.25, 0.3) is 5.91 Å². The molecule has 0 radical (unpaired) electrons. The zero-order chi connectivity index (χ0) is 18.5. The van der Waals surface area contributed by atoms with E-state index in [0.29, 0.717) is 23.0 Å². The summed E-state index contributed by atoms with van der Waals surface area (Å²) in [6.45, 7) is 0.275. The minimum atomic E-state index is -0.328. The first-order chi connectivity index (χ1) is 12.7. The second-order valence-electron chi connectivity index (χ2n) is 5.27. The summed E-state index contributed by atoms with van der Waals surface area (Å²) in [6.07, 6.45) is 0. The van der Waals surface area contributed by atoms with E-state index in [1.165, 1.54) is 18.4 Å². The van der Waals surface area contributed by atoms with Crippen LogP contribution in [-0.2, 0) is 6.54 Å². The number of benzene rings is 1. The second-order valence-corrected chi connectivity index (χ2v) is 6.22. The number of hydrogen-bond acceptors (Lipinski definition) is 7. The third kappa shape index (κ3) is 3.65. The van der Waals surface area contributed by atoms with Gasteiger partial charge in [-0.1, -0.05) is 11.2 Å². The van der Waals surface area contributed by atoms with Crippen molar-refractivity contribution in [2.45, 2.75) is 6.54 Å². The number of rotatable bonds is 7. The zero-order valence-corrected chi connectivity index (χ0v) is 15.4. The summed E-state index contributed by atoms with van der Waals surface area (Å²) in [7, 11) is 4.62. The van der Waals surface area contributed by atoms with Gasteiger partial charge in [0.15, 0.2) is 23.0 Å². The average molecular weight is 374 g/mol. The van der Waals surface area contributed by atoms with Crippen LogP contribution in [0, 0.1) is 0 Å². The van der Waals surface area contributed by atoms with Gasteiger partial charge < -0.3 is 24.1 Å². The number of carbonyl (C=O) groups is 1. The lowest BCUT2D eigenvalue weighted by molar-refractivity contribution is 0.0942. The Morgan fingerprint density at radius 2 is 1.88 bits per heavy atom. The number of amides is 1. The normalized spacial score (nSPS) is 10.4. The molecule has 0 saturated carbocycles. The van der Waals surface area contributed by atoms with Gasteiger partial charge in [0, 0.05) is 12.6 Å². The SMILES string of the molecule is COc1cc(CNC(=O)c2cc(-c3cccs3)on2)cc(OC)c1OC. The Morgan fingerprint density at radius 1 is 1.15 bits per heavy atom. The fraction of sp³-hybridized carbons (Fsp3) is 0.222. The molecular formula is C18H18N2O5S. The number of carbonyl (C=O) groups excluding carboxylic acids is 1. The maximum atomic E-state index is 12.3. The number of hydrogen-bond donors (Lipinski definition) is 1. The van der Waals surface area contributed by atoms with E-state index < -0.39 is 0 Å². The van der Waals surface area contributed by atoms with Gasteiger partial charge in [0.2, 0.25) is 5.75 Å². The van der Waals surface area contributed by atoms with E-state index in [4.69, 9.17) is 18.7 Å². The molecule has 1 amide bonds. The first-order valence-corrected chi connectivity index (χ1v) is 8.62. The molecule has 3 rings (SSSR count). The molecule has 136 valence electrons. The molecule has 0 atom stereocenters. The predicted octanol–water partition coefficient (Wildman–Crippen LogP) is 3.36. The number of methoxy groups -OCH3 is 3. The first-order valence-electron chi connectivity index (χ1n) is 7.74.